The number of anilines is 1. The highest BCUT2D eigenvalue weighted by atomic mass is 16.5. The smallest absolute Gasteiger partial charge is 0.168 e. The zero-order chi connectivity index (χ0) is 13.5. The Morgan fingerprint density at radius 3 is 2.95 bits per heavy atom. The van der Waals surface area contributed by atoms with Gasteiger partial charge in [-0.25, -0.2) is 4.98 Å². The predicted molar refractivity (Wildman–Crippen MR) is 78.7 cm³/mol. The van der Waals surface area contributed by atoms with E-state index >= 15 is 0 Å². The molecule has 0 aliphatic carbocycles. The van der Waals surface area contributed by atoms with Crippen LogP contribution in [0, 0.1) is 5.92 Å². The second kappa shape index (κ2) is 7.34. The minimum Gasteiger partial charge on any atom is -0.490 e. The van der Waals surface area contributed by atoms with Crippen LogP contribution in [-0.2, 0) is 0 Å². The van der Waals surface area contributed by atoms with E-state index in [0.29, 0.717) is 12.5 Å². The lowest BCUT2D eigenvalue weighted by Gasteiger charge is -2.21. The van der Waals surface area contributed by atoms with Crippen LogP contribution in [0.15, 0.2) is 18.3 Å². The fourth-order valence-corrected chi connectivity index (χ4v) is 2.54. The molecule has 1 atom stereocenters. The van der Waals surface area contributed by atoms with E-state index in [0.717, 1.165) is 18.1 Å². The van der Waals surface area contributed by atoms with Crippen LogP contribution in [0.1, 0.15) is 26.7 Å². The fourth-order valence-electron chi connectivity index (χ4n) is 2.54. The summed E-state index contributed by atoms with van der Waals surface area (Å²) in [6.45, 7) is 9.58. The summed E-state index contributed by atoms with van der Waals surface area (Å²) in [4.78, 5) is 6.90. The lowest BCUT2D eigenvalue weighted by atomic mass is 10.1. The van der Waals surface area contributed by atoms with Crippen molar-refractivity contribution in [2.45, 2.75) is 26.7 Å². The third-order valence-electron chi connectivity index (χ3n) is 3.46. The standard InChI is InChI=1S/C15H25N3O/c1-3-19-14-7-6-8-16-15(14)17-11-13(2)12-18-9-4-5-10-18/h6-8,13H,3-5,9-12H2,1-2H3,(H,16,17). The normalized spacial score (nSPS) is 17.4. The van der Waals surface area contributed by atoms with Crippen molar-refractivity contribution >= 4 is 5.82 Å². The Hall–Kier alpha value is -1.29. The molecule has 1 aromatic rings. The van der Waals surface area contributed by atoms with Crippen molar-refractivity contribution in [3.05, 3.63) is 18.3 Å². The first kappa shape index (κ1) is 14.1. The van der Waals surface area contributed by atoms with Crippen LogP contribution in [0.25, 0.3) is 0 Å². The lowest BCUT2D eigenvalue weighted by molar-refractivity contribution is 0.293. The molecule has 19 heavy (non-hydrogen) atoms. The van der Waals surface area contributed by atoms with Gasteiger partial charge in [0.25, 0.3) is 0 Å². The Labute approximate surface area is 116 Å². The molecule has 4 heteroatoms. The van der Waals surface area contributed by atoms with Gasteiger partial charge in [0, 0.05) is 19.3 Å². The van der Waals surface area contributed by atoms with Crippen molar-refractivity contribution in [1.82, 2.24) is 9.88 Å². The van der Waals surface area contributed by atoms with Crippen molar-refractivity contribution in [2.75, 3.05) is 38.1 Å². The van der Waals surface area contributed by atoms with Gasteiger partial charge in [0.2, 0.25) is 0 Å². The molecule has 1 N–H and O–H groups in total. The predicted octanol–water partition coefficient (Wildman–Crippen LogP) is 2.62. The Morgan fingerprint density at radius 2 is 2.21 bits per heavy atom. The van der Waals surface area contributed by atoms with Gasteiger partial charge in [-0.1, -0.05) is 6.92 Å². The molecule has 1 fully saturated rings. The van der Waals surface area contributed by atoms with Crippen molar-refractivity contribution in [3.8, 4) is 5.75 Å². The third kappa shape index (κ3) is 4.39. The summed E-state index contributed by atoms with van der Waals surface area (Å²) in [6, 6.07) is 3.87. The quantitative estimate of drug-likeness (QED) is 0.820. The van der Waals surface area contributed by atoms with E-state index in [4.69, 9.17) is 4.74 Å². The summed E-state index contributed by atoms with van der Waals surface area (Å²) in [5.41, 5.74) is 0. The monoisotopic (exact) mass is 263 g/mol. The van der Waals surface area contributed by atoms with E-state index in [1.54, 1.807) is 6.20 Å². The fraction of sp³-hybridized carbons (Fsp3) is 0.667. The second-order valence-corrected chi connectivity index (χ2v) is 5.28. The molecule has 0 amide bonds. The molecule has 0 aromatic carbocycles. The molecule has 1 saturated heterocycles. The molecule has 1 aliphatic rings. The highest BCUT2D eigenvalue weighted by molar-refractivity contribution is 5.49. The molecule has 4 nitrogen and oxygen atoms in total. The molecule has 0 bridgehead atoms. The number of aromatic nitrogens is 1. The van der Waals surface area contributed by atoms with Gasteiger partial charge < -0.3 is 15.0 Å². The zero-order valence-corrected chi connectivity index (χ0v) is 12.1. The summed E-state index contributed by atoms with van der Waals surface area (Å²) in [5, 5.41) is 3.41. The topological polar surface area (TPSA) is 37.4 Å². The number of nitrogens with one attached hydrogen (secondary N) is 1. The first-order valence-electron chi connectivity index (χ1n) is 7.33. The maximum absolute atomic E-state index is 5.57. The van der Waals surface area contributed by atoms with Crippen LogP contribution < -0.4 is 10.1 Å². The summed E-state index contributed by atoms with van der Waals surface area (Å²) in [6.07, 6.45) is 4.51. The summed E-state index contributed by atoms with van der Waals surface area (Å²) in [5.74, 6) is 2.32. The van der Waals surface area contributed by atoms with Crippen molar-refractivity contribution in [2.24, 2.45) is 5.92 Å². The molecule has 2 rings (SSSR count). The number of likely N-dealkylation sites (tertiary alicyclic amines) is 1. The highest BCUT2D eigenvalue weighted by Gasteiger charge is 2.15. The number of rotatable bonds is 7. The Balaban J connectivity index is 1.80. The SMILES string of the molecule is CCOc1cccnc1NCC(C)CN1CCCC1. The van der Waals surface area contributed by atoms with E-state index in [1.165, 1.54) is 32.5 Å². The third-order valence-corrected chi connectivity index (χ3v) is 3.46. The molecule has 1 aliphatic heterocycles. The molecule has 2 heterocycles. The van der Waals surface area contributed by atoms with E-state index in [1.807, 2.05) is 19.1 Å². The van der Waals surface area contributed by atoms with Crippen molar-refractivity contribution in [3.63, 3.8) is 0 Å². The van der Waals surface area contributed by atoms with Crippen LogP contribution in [0.2, 0.25) is 0 Å². The van der Waals surface area contributed by atoms with Crippen LogP contribution in [0.3, 0.4) is 0 Å². The number of ether oxygens (including phenoxy) is 1. The van der Waals surface area contributed by atoms with Gasteiger partial charge in [0.1, 0.15) is 0 Å². The number of nitrogens with zero attached hydrogens (tertiary/aromatic N) is 2. The molecule has 106 valence electrons. The van der Waals surface area contributed by atoms with Crippen LogP contribution in [0.5, 0.6) is 5.75 Å². The largest absolute Gasteiger partial charge is 0.490 e. The Morgan fingerprint density at radius 1 is 1.42 bits per heavy atom. The summed E-state index contributed by atoms with van der Waals surface area (Å²) < 4.78 is 5.57. The van der Waals surface area contributed by atoms with Gasteiger partial charge in [-0.3, -0.25) is 0 Å². The van der Waals surface area contributed by atoms with Gasteiger partial charge in [-0.05, 0) is 50.9 Å². The van der Waals surface area contributed by atoms with E-state index < -0.39 is 0 Å². The average molecular weight is 263 g/mol. The molecule has 1 unspecified atom stereocenters. The minimum absolute atomic E-state index is 0.620. The molecular formula is C15H25N3O. The first-order valence-corrected chi connectivity index (χ1v) is 7.33. The van der Waals surface area contributed by atoms with Gasteiger partial charge in [-0.15, -0.1) is 0 Å². The molecule has 1 aromatic heterocycles. The lowest BCUT2D eigenvalue weighted by Crippen LogP contribution is -2.29. The van der Waals surface area contributed by atoms with Gasteiger partial charge in [-0.2, -0.15) is 0 Å². The molecule has 0 spiro atoms. The van der Waals surface area contributed by atoms with Crippen LogP contribution >= 0.6 is 0 Å². The van der Waals surface area contributed by atoms with Gasteiger partial charge in [0.05, 0.1) is 6.61 Å². The van der Waals surface area contributed by atoms with Crippen molar-refractivity contribution in [1.29, 1.82) is 0 Å². The number of hydrogen-bond acceptors (Lipinski definition) is 4. The maximum Gasteiger partial charge on any atom is 0.168 e. The Bertz CT molecular complexity index is 377. The second-order valence-electron chi connectivity index (χ2n) is 5.28. The highest BCUT2D eigenvalue weighted by Crippen LogP contribution is 2.21. The van der Waals surface area contributed by atoms with Gasteiger partial charge in [0.15, 0.2) is 11.6 Å². The summed E-state index contributed by atoms with van der Waals surface area (Å²) in [7, 11) is 0. The minimum atomic E-state index is 0.620. The number of hydrogen-bond donors (Lipinski definition) is 1. The maximum atomic E-state index is 5.57. The molecule has 0 saturated carbocycles. The number of pyridine rings is 1. The summed E-state index contributed by atoms with van der Waals surface area (Å²) >= 11 is 0. The molecular weight excluding hydrogens is 238 g/mol. The average Bonchev–Trinajstić information content (AvgIpc) is 2.91. The van der Waals surface area contributed by atoms with Crippen molar-refractivity contribution < 1.29 is 4.74 Å². The molecule has 0 radical (unpaired) electrons. The van der Waals surface area contributed by atoms with Gasteiger partial charge >= 0.3 is 0 Å². The van der Waals surface area contributed by atoms with E-state index in [2.05, 4.69) is 22.1 Å². The first-order chi connectivity index (χ1) is 9.29. The van der Waals surface area contributed by atoms with Crippen LogP contribution in [-0.4, -0.2) is 42.7 Å². The van der Waals surface area contributed by atoms with Crippen LogP contribution in [0.4, 0.5) is 5.82 Å². The van der Waals surface area contributed by atoms with E-state index in [9.17, 15) is 0 Å². The Kier molecular flexibility index (Phi) is 5.45. The zero-order valence-electron chi connectivity index (χ0n) is 12.1. The van der Waals surface area contributed by atoms with E-state index in [-0.39, 0.29) is 0 Å².